The molecule has 2 aromatic rings. The SMILES string of the molecule is Cc1ccc(-n2nc(C(C)(C)C)cc2NC(=O)CN2CCCC2=O)cc1. The molecule has 1 saturated heterocycles. The van der Waals surface area contributed by atoms with Crippen LogP contribution in [0.4, 0.5) is 5.82 Å². The quantitative estimate of drug-likeness (QED) is 0.918. The van der Waals surface area contributed by atoms with Gasteiger partial charge in [-0.25, -0.2) is 4.68 Å². The summed E-state index contributed by atoms with van der Waals surface area (Å²) in [7, 11) is 0. The molecule has 0 aliphatic carbocycles. The number of carbonyl (C=O) groups excluding carboxylic acids is 2. The van der Waals surface area contributed by atoms with Gasteiger partial charge in [0.15, 0.2) is 0 Å². The molecule has 1 aliphatic rings. The predicted molar refractivity (Wildman–Crippen MR) is 101 cm³/mol. The summed E-state index contributed by atoms with van der Waals surface area (Å²) in [6, 6.07) is 9.90. The first kappa shape index (κ1) is 18.2. The molecule has 0 spiro atoms. The lowest BCUT2D eigenvalue weighted by Gasteiger charge is -2.15. The summed E-state index contributed by atoms with van der Waals surface area (Å²) >= 11 is 0. The van der Waals surface area contributed by atoms with Gasteiger partial charge in [-0.2, -0.15) is 5.10 Å². The second-order valence-electron chi connectivity index (χ2n) is 7.88. The number of carbonyl (C=O) groups is 2. The van der Waals surface area contributed by atoms with Crippen LogP contribution in [-0.4, -0.2) is 39.6 Å². The highest BCUT2D eigenvalue weighted by Crippen LogP contribution is 2.26. The molecule has 26 heavy (non-hydrogen) atoms. The Morgan fingerprint density at radius 3 is 2.50 bits per heavy atom. The van der Waals surface area contributed by atoms with Crippen molar-refractivity contribution in [3.63, 3.8) is 0 Å². The number of benzene rings is 1. The van der Waals surface area contributed by atoms with E-state index in [1.165, 1.54) is 0 Å². The van der Waals surface area contributed by atoms with Crippen LogP contribution in [0.3, 0.4) is 0 Å². The third kappa shape index (κ3) is 3.95. The first-order chi connectivity index (χ1) is 12.2. The fraction of sp³-hybridized carbons (Fsp3) is 0.450. The molecule has 0 unspecified atom stereocenters. The summed E-state index contributed by atoms with van der Waals surface area (Å²) < 4.78 is 1.75. The molecule has 3 rings (SSSR count). The minimum Gasteiger partial charge on any atom is -0.333 e. The van der Waals surface area contributed by atoms with Gasteiger partial charge in [0.25, 0.3) is 0 Å². The van der Waals surface area contributed by atoms with Gasteiger partial charge in [0.1, 0.15) is 5.82 Å². The lowest BCUT2D eigenvalue weighted by atomic mass is 9.92. The van der Waals surface area contributed by atoms with E-state index >= 15 is 0 Å². The number of hydrogen-bond acceptors (Lipinski definition) is 3. The smallest absolute Gasteiger partial charge is 0.245 e. The van der Waals surface area contributed by atoms with E-state index in [0.29, 0.717) is 18.8 Å². The maximum Gasteiger partial charge on any atom is 0.245 e. The maximum absolute atomic E-state index is 12.5. The van der Waals surface area contributed by atoms with Gasteiger partial charge in [0.05, 0.1) is 17.9 Å². The zero-order valence-electron chi connectivity index (χ0n) is 15.9. The van der Waals surface area contributed by atoms with Crippen LogP contribution in [-0.2, 0) is 15.0 Å². The Balaban J connectivity index is 1.86. The Kier molecular flexibility index (Phi) is 4.85. The van der Waals surface area contributed by atoms with Gasteiger partial charge in [0.2, 0.25) is 11.8 Å². The molecule has 138 valence electrons. The first-order valence-electron chi connectivity index (χ1n) is 8.99. The van der Waals surface area contributed by atoms with Gasteiger partial charge in [-0.3, -0.25) is 9.59 Å². The van der Waals surface area contributed by atoms with Crippen molar-refractivity contribution in [3.05, 3.63) is 41.6 Å². The average Bonchev–Trinajstić information content (AvgIpc) is 3.15. The second-order valence-corrected chi connectivity index (χ2v) is 7.88. The average molecular weight is 354 g/mol. The zero-order valence-corrected chi connectivity index (χ0v) is 15.9. The zero-order chi connectivity index (χ0) is 18.9. The molecule has 2 amide bonds. The van der Waals surface area contributed by atoms with Crippen LogP contribution < -0.4 is 5.32 Å². The summed E-state index contributed by atoms with van der Waals surface area (Å²) in [4.78, 5) is 25.8. The summed E-state index contributed by atoms with van der Waals surface area (Å²) in [5.41, 5.74) is 2.81. The number of aromatic nitrogens is 2. The molecule has 0 radical (unpaired) electrons. The molecule has 0 bridgehead atoms. The van der Waals surface area contributed by atoms with Crippen LogP contribution in [0.15, 0.2) is 30.3 Å². The molecule has 6 heteroatoms. The van der Waals surface area contributed by atoms with Crippen molar-refractivity contribution in [3.8, 4) is 5.69 Å². The van der Waals surface area contributed by atoms with Crippen LogP contribution in [0.5, 0.6) is 0 Å². The molecule has 1 N–H and O–H groups in total. The summed E-state index contributed by atoms with van der Waals surface area (Å²) in [6.07, 6.45) is 1.35. The Bertz CT molecular complexity index is 815. The van der Waals surface area contributed by atoms with Gasteiger partial charge in [-0.1, -0.05) is 38.5 Å². The molecule has 0 saturated carbocycles. The van der Waals surface area contributed by atoms with Crippen LogP contribution in [0, 0.1) is 6.92 Å². The molecule has 1 aliphatic heterocycles. The van der Waals surface area contributed by atoms with E-state index in [1.54, 1.807) is 9.58 Å². The van der Waals surface area contributed by atoms with E-state index < -0.39 is 0 Å². The fourth-order valence-electron chi connectivity index (χ4n) is 2.95. The Hall–Kier alpha value is -2.63. The van der Waals surface area contributed by atoms with Crippen molar-refractivity contribution in [2.45, 2.75) is 46.0 Å². The summed E-state index contributed by atoms with van der Waals surface area (Å²) in [5.74, 6) is 0.465. The third-order valence-corrected chi connectivity index (χ3v) is 4.53. The summed E-state index contributed by atoms with van der Waals surface area (Å²) in [6.45, 7) is 9.03. The lowest BCUT2D eigenvalue weighted by molar-refractivity contribution is -0.131. The van der Waals surface area contributed by atoms with Gasteiger partial charge in [-0.15, -0.1) is 0 Å². The Morgan fingerprint density at radius 2 is 1.92 bits per heavy atom. The molecule has 2 heterocycles. The van der Waals surface area contributed by atoms with Crippen LogP contribution in [0.2, 0.25) is 0 Å². The molecular formula is C20H26N4O2. The highest BCUT2D eigenvalue weighted by atomic mass is 16.2. The molecule has 1 aromatic carbocycles. The molecule has 6 nitrogen and oxygen atoms in total. The van der Waals surface area contributed by atoms with Crippen molar-refractivity contribution in [2.24, 2.45) is 0 Å². The number of anilines is 1. The van der Waals surface area contributed by atoms with E-state index in [4.69, 9.17) is 5.10 Å². The van der Waals surface area contributed by atoms with Crippen molar-refractivity contribution >= 4 is 17.6 Å². The Labute approximate surface area is 154 Å². The van der Waals surface area contributed by atoms with Crippen LogP contribution in [0.1, 0.15) is 44.9 Å². The molecule has 0 atom stereocenters. The lowest BCUT2D eigenvalue weighted by Crippen LogP contribution is -2.34. The monoisotopic (exact) mass is 354 g/mol. The number of amides is 2. The van der Waals surface area contributed by atoms with E-state index in [2.05, 4.69) is 26.1 Å². The number of hydrogen-bond donors (Lipinski definition) is 1. The van der Waals surface area contributed by atoms with E-state index in [1.807, 2.05) is 37.3 Å². The summed E-state index contributed by atoms with van der Waals surface area (Å²) in [5, 5.41) is 7.63. The van der Waals surface area contributed by atoms with Gasteiger partial charge >= 0.3 is 0 Å². The van der Waals surface area contributed by atoms with Crippen molar-refractivity contribution in [1.82, 2.24) is 14.7 Å². The first-order valence-corrected chi connectivity index (χ1v) is 8.99. The van der Waals surface area contributed by atoms with E-state index in [-0.39, 0.29) is 23.8 Å². The number of likely N-dealkylation sites (tertiary alicyclic amines) is 1. The van der Waals surface area contributed by atoms with Gasteiger partial charge < -0.3 is 10.2 Å². The molecule has 1 aromatic heterocycles. The van der Waals surface area contributed by atoms with E-state index in [9.17, 15) is 9.59 Å². The van der Waals surface area contributed by atoms with Crippen molar-refractivity contribution in [1.29, 1.82) is 0 Å². The maximum atomic E-state index is 12.5. The highest BCUT2D eigenvalue weighted by molar-refractivity contribution is 5.94. The number of nitrogens with zero attached hydrogens (tertiary/aromatic N) is 3. The number of nitrogens with one attached hydrogen (secondary N) is 1. The van der Waals surface area contributed by atoms with Gasteiger partial charge in [0, 0.05) is 24.4 Å². The standard InChI is InChI=1S/C20H26N4O2/c1-14-7-9-15(10-8-14)24-17(12-16(22-24)20(2,3)4)21-18(25)13-23-11-5-6-19(23)26/h7-10,12H,5-6,11,13H2,1-4H3,(H,21,25). The van der Waals surface area contributed by atoms with Crippen molar-refractivity contribution < 1.29 is 9.59 Å². The normalized spacial score (nSPS) is 14.8. The topological polar surface area (TPSA) is 67.2 Å². The highest BCUT2D eigenvalue weighted by Gasteiger charge is 2.24. The number of aryl methyl sites for hydroxylation is 1. The van der Waals surface area contributed by atoms with E-state index in [0.717, 1.165) is 23.4 Å². The largest absolute Gasteiger partial charge is 0.333 e. The molecule has 1 fully saturated rings. The third-order valence-electron chi connectivity index (χ3n) is 4.53. The van der Waals surface area contributed by atoms with Gasteiger partial charge in [-0.05, 0) is 25.5 Å². The number of rotatable bonds is 4. The molecular weight excluding hydrogens is 328 g/mol. The Morgan fingerprint density at radius 1 is 1.23 bits per heavy atom. The predicted octanol–water partition coefficient (Wildman–Crippen LogP) is 3.04. The fourth-order valence-corrected chi connectivity index (χ4v) is 2.95. The minimum atomic E-state index is -0.200. The second kappa shape index (κ2) is 6.94. The minimum absolute atomic E-state index is 0.0440. The van der Waals surface area contributed by atoms with Crippen molar-refractivity contribution in [2.75, 3.05) is 18.4 Å². The van der Waals surface area contributed by atoms with Crippen LogP contribution in [0.25, 0.3) is 5.69 Å². The van der Waals surface area contributed by atoms with Crippen LogP contribution >= 0.6 is 0 Å².